The summed E-state index contributed by atoms with van der Waals surface area (Å²) < 4.78 is 19.2. The minimum atomic E-state index is -0.119. The van der Waals surface area contributed by atoms with Gasteiger partial charge in [0.15, 0.2) is 0 Å². The Bertz CT molecular complexity index is 1070. The highest BCUT2D eigenvalue weighted by atomic mass is 19.1. The molecule has 2 N–H and O–H groups in total. The first kappa shape index (κ1) is 33.5. The van der Waals surface area contributed by atoms with Crippen LogP contribution in [0.5, 0.6) is 5.75 Å². The zero-order chi connectivity index (χ0) is 29.5. The summed E-state index contributed by atoms with van der Waals surface area (Å²) >= 11 is 0. The molecule has 0 fully saturated rings. The lowest BCUT2D eigenvalue weighted by molar-refractivity contribution is 0.304. The van der Waals surface area contributed by atoms with Crippen LogP contribution in [-0.4, -0.2) is 57.7 Å². The predicted molar refractivity (Wildman–Crippen MR) is 170 cm³/mol. The number of ether oxygens (including phenoxy) is 1. The molecule has 0 saturated heterocycles. The molecule has 2 aromatic carbocycles. The van der Waals surface area contributed by atoms with Gasteiger partial charge in [0.1, 0.15) is 11.6 Å². The lowest BCUT2D eigenvalue weighted by Crippen LogP contribution is -2.21. The molecule has 0 spiro atoms. The molecule has 224 valence electrons. The first-order valence-corrected chi connectivity index (χ1v) is 15.3. The maximum absolute atomic E-state index is 12.9. The summed E-state index contributed by atoms with van der Waals surface area (Å²) in [5.41, 5.74) is 8.70. The van der Waals surface area contributed by atoms with Crippen molar-refractivity contribution in [1.29, 1.82) is 0 Å². The maximum Gasteiger partial charge on any atom is 0.126 e. The van der Waals surface area contributed by atoms with Crippen molar-refractivity contribution in [3.8, 4) is 5.75 Å². The standard InChI is InChI=1S/C25H43N3O.C9H12FN/c1-7-9-10-13-26-14-11-15-29-25-18-23-19-28(6)20(3)24(27(4)5)17-22(23)16-21(25)12-8-2;1-3-7-6-8(11-2)4-5-9(7)10/h16,18,26H,7-15,17,19H2,1-6H3;4-6,11H,3H2,1-2H3. The van der Waals surface area contributed by atoms with Crippen LogP contribution < -0.4 is 15.4 Å². The lowest BCUT2D eigenvalue weighted by Gasteiger charge is -2.24. The summed E-state index contributed by atoms with van der Waals surface area (Å²) in [6.07, 6.45) is 8.88. The fourth-order valence-corrected chi connectivity index (χ4v) is 5.02. The third-order valence-electron chi connectivity index (χ3n) is 7.63. The van der Waals surface area contributed by atoms with Crippen LogP contribution in [0.3, 0.4) is 0 Å². The van der Waals surface area contributed by atoms with E-state index in [1.165, 1.54) is 53.4 Å². The Hall–Kier alpha value is -2.73. The molecule has 2 aromatic rings. The van der Waals surface area contributed by atoms with E-state index in [2.05, 4.69) is 74.5 Å². The molecule has 3 rings (SSSR count). The summed E-state index contributed by atoms with van der Waals surface area (Å²) in [6.45, 7) is 12.6. The van der Waals surface area contributed by atoms with Crippen molar-refractivity contribution in [3.63, 3.8) is 0 Å². The van der Waals surface area contributed by atoms with Crippen LogP contribution >= 0.6 is 0 Å². The Kier molecular flexibility index (Phi) is 14.9. The van der Waals surface area contributed by atoms with Crippen molar-refractivity contribution in [1.82, 2.24) is 15.1 Å². The monoisotopic (exact) mass is 554 g/mol. The molecule has 0 aliphatic carbocycles. The number of likely N-dealkylation sites (N-methyl/N-ethyl adjacent to an activating group) is 1. The van der Waals surface area contributed by atoms with Crippen LogP contribution in [-0.2, 0) is 25.8 Å². The lowest BCUT2D eigenvalue weighted by atomic mass is 9.97. The van der Waals surface area contributed by atoms with Gasteiger partial charge in [-0.25, -0.2) is 4.39 Å². The molecule has 0 bridgehead atoms. The van der Waals surface area contributed by atoms with Gasteiger partial charge in [0.05, 0.1) is 6.61 Å². The molecule has 6 heteroatoms. The summed E-state index contributed by atoms with van der Waals surface area (Å²) in [5, 5.41) is 6.50. The Balaban J connectivity index is 0.000000425. The minimum absolute atomic E-state index is 0.119. The van der Waals surface area contributed by atoms with Crippen LogP contribution in [0.25, 0.3) is 0 Å². The number of halogens is 1. The van der Waals surface area contributed by atoms with Crippen molar-refractivity contribution >= 4 is 5.69 Å². The van der Waals surface area contributed by atoms with E-state index in [0.717, 1.165) is 75.3 Å². The third kappa shape index (κ3) is 10.3. The molecule has 40 heavy (non-hydrogen) atoms. The second kappa shape index (κ2) is 17.9. The molecule has 1 aliphatic rings. The number of rotatable bonds is 14. The van der Waals surface area contributed by atoms with Crippen molar-refractivity contribution in [3.05, 3.63) is 69.8 Å². The van der Waals surface area contributed by atoms with Gasteiger partial charge in [-0.3, -0.25) is 0 Å². The van der Waals surface area contributed by atoms with Gasteiger partial charge in [-0.15, -0.1) is 0 Å². The van der Waals surface area contributed by atoms with Gasteiger partial charge < -0.3 is 25.2 Å². The van der Waals surface area contributed by atoms with E-state index in [0.29, 0.717) is 0 Å². The number of unbranched alkanes of at least 4 members (excludes halogenated alkanes) is 2. The molecule has 0 saturated carbocycles. The van der Waals surface area contributed by atoms with Gasteiger partial charge in [0.25, 0.3) is 0 Å². The van der Waals surface area contributed by atoms with Crippen molar-refractivity contribution < 1.29 is 9.13 Å². The number of allylic oxidation sites excluding steroid dienone is 2. The fraction of sp³-hybridized carbons (Fsp3) is 0.588. The van der Waals surface area contributed by atoms with Crippen LogP contribution in [0.2, 0.25) is 0 Å². The molecular formula is C34H55FN4O. The Morgan fingerprint density at radius 1 is 0.950 bits per heavy atom. The van der Waals surface area contributed by atoms with E-state index in [-0.39, 0.29) is 5.82 Å². The summed E-state index contributed by atoms with van der Waals surface area (Å²) in [4.78, 5) is 4.63. The van der Waals surface area contributed by atoms with Crippen molar-refractivity contribution in [2.24, 2.45) is 0 Å². The number of hydrogen-bond acceptors (Lipinski definition) is 5. The van der Waals surface area contributed by atoms with Crippen molar-refractivity contribution in [2.45, 2.75) is 85.6 Å². The Labute approximate surface area is 244 Å². The molecule has 1 heterocycles. The third-order valence-corrected chi connectivity index (χ3v) is 7.63. The van der Waals surface area contributed by atoms with Gasteiger partial charge in [-0.05, 0) is 92.2 Å². The fourth-order valence-electron chi connectivity index (χ4n) is 5.02. The second-order valence-electron chi connectivity index (χ2n) is 11.0. The van der Waals surface area contributed by atoms with Gasteiger partial charge in [0, 0.05) is 58.2 Å². The Morgan fingerprint density at radius 3 is 2.35 bits per heavy atom. The number of fused-ring (bicyclic) bond motifs is 1. The SMILES string of the molecule is CCCCCNCCCOc1cc2c(cc1CCC)CC(N(C)C)=C(C)N(C)C2.CCc1cc(NC)ccc1F. The number of anilines is 1. The number of nitrogens with one attached hydrogen (secondary N) is 2. The molecule has 1 aliphatic heterocycles. The molecule has 0 radical (unpaired) electrons. The average molecular weight is 555 g/mol. The van der Waals surface area contributed by atoms with Crippen molar-refractivity contribution in [2.75, 3.05) is 53.2 Å². The highest BCUT2D eigenvalue weighted by Gasteiger charge is 2.20. The molecule has 0 atom stereocenters. The average Bonchev–Trinajstić information content (AvgIpc) is 3.06. The number of aryl methyl sites for hydroxylation is 2. The van der Waals surface area contributed by atoms with Gasteiger partial charge >= 0.3 is 0 Å². The van der Waals surface area contributed by atoms with E-state index in [1.54, 1.807) is 6.07 Å². The number of hydrogen-bond donors (Lipinski definition) is 2. The van der Waals surface area contributed by atoms with Crippen LogP contribution in [0.4, 0.5) is 10.1 Å². The first-order chi connectivity index (χ1) is 19.2. The second-order valence-corrected chi connectivity index (χ2v) is 11.0. The largest absolute Gasteiger partial charge is 0.493 e. The van der Waals surface area contributed by atoms with E-state index < -0.39 is 0 Å². The topological polar surface area (TPSA) is 39.8 Å². The summed E-state index contributed by atoms with van der Waals surface area (Å²) in [5.74, 6) is 0.974. The summed E-state index contributed by atoms with van der Waals surface area (Å²) in [7, 11) is 8.32. The molecular weight excluding hydrogens is 499 g/mol. The number of nitrogens with zero attached hydrogens (tertiary/aromatic N) is 2. The summed E-state index contributed by atoms with van der Waals surface area (Å²) in [6, 6.07) is 9.78. The van der Waals surface area contributed by atoms with E-state index in [1.807, 2.05) is 20.0 Å². The van der Waals surface area contributed by atoms with Gasteiger partial charge in [-0.2, -0.15) is 0 Å². The minimum Gasteiger partial charge on any atom is -0.493 e. The zero-order valence-electron chi connectivity index (χ0n) is 26.6. The molecule has 0 aromatic heterocycles. The normalized spacial score (nSPS) is 12.9. The molecule has 5 nitrogen and oxygen atoms in total. The van der Waals surface area contributed by atoms with E-state index in [4.69, 9.17) is 4.74 Å². The first-order valence-electron chi connectivity index (χ1n) is 15.3. The smallest absolute Gasteiger partial charge is 0.126 e. The Morgan fingerprint density at radius 2 is 1.70 bits per heavy atom. The zero-order valence-corrected chi connectivity index (χ0v) is 26.6. The van der Waals surface area contributed by atoms with Crippen LogP contribution in [0.15, 0.2) is 41.7 Å². The quantitative estimate of drug-likeness (QED) is 0.238. The van der Waals surface area contributed by atoms with Gasteiger partial charge in [0.2, 0.25) is 0 Å². The molecule has 0 amide bonds. The van der Waals surface area contributed by atoms with Crippen LogP contribution in [0, 0.1) is 5.82 Å². The maximum atomic E-state index is 12.9. The van der Waals surface area contributed by atoms with E-state index in [9.17, 15) is 4.39 Å². The highest BCUT2D eigenvalue weighted by Crippen LogP contribution is 2.32. The number of benzene rings is 2. The molecule has 0 unspecified atom stereocenters. The van der Waals surface area contributed by atoms with E-state index >= 15 is 0 Å². The predicted octanol–water partition coefficient (Wildman–Crippen LogP) is 7.40. The highest BCUT2D eigenvalue weighted by molar-refractivity contribution is 5.46. The van der Waals surface area contributed by atoms with Gasteiger partial charge in [-0.1, -0.05) is 46.1 Å². The van der Waals surface area contributed by atoms with Crippen LogP contribution in [0.1, 0.15) is 82.1 Å².